The van der Waals surface area contributed by atoms with Crippen molar-refractivity contribution in [2.75, 3.05) is 19.6 Å². The number of para-hydroxylation sites is 1. The zero-order valence-corrected chi connectivity index (χ0v) is 12.5. The summed E-state index contributed by atoms with van der Waals surface area (Å²) < 4.78 is 40.9. The molecule has 1 saturated heterocycles. The second-order valence-corrected chi connectivity index (χ2v) is 5.44. The number of carbonyl (C=O) groups excluding carboxylic acids is 1. The van der Waals surface area contributed by atoms with Crippen molar-refractivity contribution in [2.24, 2.45) is 0 Å². The summed E-state index contributed by atoms with van der Waals surface area (Å²) in [5.74, 6) is -0.593. The van der Waals surface area contributed by atoms with E-state index in [1.165, 1.54) is 18.2 Å². The van der Waals surface area contributed by atoms with Gasteiger partial charge >= 0.3 is 6.36 Å². The maximum absolute atomic E-state index is 12.3. The van der Waals surface area contributed by atoms with E-state index in [1.54, 1.807) is 6.07 Å². The Labute approximate surface area is 132 Å². The van der Waals surface area contributed by atoms with Gasteiger partial charge in [0.15, 0.2) is 0 Å². The van der Waals surface area contributed by atoms with E-state index in [9.17, 15) is 23.1 Å². The number of piperidine rings is 1. The summed E-state index contributed by atoms with van der Waals surface area (Å²) in [6.07, 6.45) is -3.85. The van der Waals surface area contributed by atoms with Gasteiger partial charge in [0, 0.05) is 25.2 Å². The highest BCUT2D eigenvalue weighted by molar-refractivity contribution is 5.78. The monoisotopic (exact) mass is 332 g/mol. The minimum Gasteiger partial charge on any atom is -0.405 e. The number of ether oxygens (including phenoxy) is 1. The van der Waals surface area contributed by atoms with Crippen LogP contribution in [0.3, 0.4) is 0 Å². The van der Waals surface area contributed by atoms with Gasteiger partial charge in [-0.2, -0.15) is 0 Å². The maximum Gasteiger partial charge on any atom is 0.573 e. The molecular formula is C15H19F3N2O3. The predicted octanol–water partition coefficient (Wildman–Crippen LogP) is 1.66. The number of aliphatic hydroxyl groups excluding tert-OH is 1. The molecule has 0 unspecified atom stereocenters. The molecule has 8 heteroatoms. The topological polar surface area (TPSA) is 61.8 Å². The maximum atomic E-state index is 12.3. The molecule has 0 saturated carbocycles. The molecule has 2 N–H and O–H groups in total. The quantitative estimate of drug-likeness (QED) is 0.861. The molecule has 0 atom stereocenters. The molecular weight excluding hydrogens is 313 g/mol. The summed E-state index contributed by atoms with van der Waals surface area (Å²) in [7, 11) is 0. The lowest BCUT2D eigenvalue weighted by atomic mass is 10.1. The van der Waals surface area contributed by atoms with Gasteiger partial charge in [0.2, 0.25) is 5.91 Å². The number of benzene rings is 1. The van der Waals surface area contributed by atoms with Gasteiger partial charge in [-0.05, 0) is 18.9 Å². The van der Waals surface area contributed by atoms with Gasteiger partial charge in [-0.25, -0.2) is 0 Å². The van der Waals surface area contributed by atoms with Crippen LogP contribution in [0.4, 0.5) is 13.2 Å². The Morgan fingerprint density at radius 1 is 1.30 bits per heavy atom. The minimum absolute atomic E-state index is 0.0401. The summed E-state index contributed by atoms with van der Waals surface area (Å²) in [5.41, 5.74) is 0.257. The lowest BCUT2D eigenvalue weighted by molar-refractivity contribution is -0.274. The van der Waals surface area contributed by atoms with Crippen LogP contribution in [0.15, 0.2) is 24.3 Å². The van der Waals surface area contributed by atoms with Crippen LogP contribution in [-0.2, 0) is 11.3 Å². The first-order chi connectivity index (χ1) is 10.8. The van der Waals surface area contributed by atoms with Crippen LogP contribution >= 0.6 is 0 Å². The van der Waals surface area contributed by atoms with Crippen LogP contribution in [0.1, 0.15) is 18.4 Å². The molecule has 1 aliphatic rings. The molecule has 0 aromatic heterocycles. The van der Waals surface area contributed by atoms with E-state index in [0.29, 0.717) is 25.9 Å². The fourth-order valence-corrected chi connectivity index (χ4v) is 2.40. The van der Waals surface area contributed by atoms with Crippen molar-refractivity contribution in [3.63, 3.8) is 0 Å². The molecule has 128 valence electrons. The van der Waals surface area contributed by atoms with Crippen molar-refractivity contribution in [1.29, 1.82) is 0 Å². The number of halogens is 3. The molecule has 0 aliphatic carbocycles. The lowest BCUT2D eigenvalue weighted by Crippen LogP contribution is -2.42. The Bertz CT molecular complexity index is 529. The van der Waals surface area contributed by atoms with Gasteiger partial charge in [-0.1, -0.05) is 18.2 Å². The van der Waals surface area contributed by atoms with Gasteiger partial charge in [0.05, 0.1) is 12.6 Å². The van der Waals surface area contributed by atoms with Crippen molar-refractivity contribution >= 4 is 5.91 Å². The zero-order chi connectivity index (χ0) is 16.9. The molecule has 5 nitrogen and oxygen atoms in total. The first kappa shape index (κ1) is 17.6. The van der Waals surface area contributed by atoms with E-state index in [1.807, 2.05) is 4.90 Å². The van der Waals surface area contributed by atoms with Crippen molar-refractivity contribution in [3.8, 4) is 5.75 Å². The van der Waals surface area contributed by atoms with E-state index in [0.717, 1.165) is 0 Å². The van der Waals surface area contributed by atoms with Crippen LogP contribution in [0.2, 0.25) is 0 Å². The number of amides is 1. The smallest absolute Gasteiger partial charge is 0.405 e. The van der Waals surface area contributed by atoms with E-state index in [-0.39, 0.29) is 36.4 Å². The van der Waals surface area contributed by atoms with Crippen molar-refractivity contribution in [3.05, 3.63) is 29.8 Å². The normalized spacial score (nSPS) is 17.0. The Morgan fingerprint density at radius 3 is 2.61 bits per heavy atom. The average molecular weight is 332 g/mol. The first-order valence-electron chi connectivity index (χ1n) is 7.34. The number of likely N-dealkylation sites (tertiary alicyclic amines) is 1. The first-order valence-corrected chi connectivity index (χ1v) is 7.34. The number of nitrogens with zero attached hydrogens (tertiary/aromatic N) is 1. The van der Waals surface area contributed by atoms with E-state index >= 15 is 0 Å². The third-order valence-electron chi connectivity index (χ3n) is 3.60. The molecule has 1 heterocycles. The fourth-order valence-electron chi connectivity index (χ4n) is 2.40. The Balaban J connectivity index is 1.84. The number of aliphatic hydroxyl groups is 1. The molecule has 0 spiro atoms. The van der Waals surface area contributed by atoms with Gasteiger partial charge in [-0.3, -0.25) is 9.69 Å². The highest BCUT2D eigenvalue weighted by Crippen LogP contribution is 2.26. The summed E-state index contributed by atoms with van der Waals surface area (Å²) >= 11 is 0. The summed E-state index contributed by atoms with van der Waals surface area (Å²) in [6, 6.07) is 5.70. The SMILES string of the molecule is O=C(CN1CCC(O)CC1)NCc1ccccc1OC(F)(F)F. The number of nitrogens with one attached hydrogen (secondary N) is 1. The summed E-state index contributed by atoms with van der Waals surface area (Å²) in [5, 5.41) is 12.0. The molecule has 1 fully saturated rings. The molecule has 1 aromatic rings. The van der Waals surface area contributed by atoms with Crippen LogP contribution in [-0.4, -0.2) is 48.0 Å². The van der Waals surface area contributed by atoms with Crippen molar-refractivity contribution < 1.29 is 27.8 Å². The van der Waals surface area contributed by atoms with E-state index < -0.39 is 6.36 Å². The number of hydrogen-bond donors (Lipinski definition) is 2. The van der Waals surface area contributed by atoms with Crippen LogP contribution < -0.4 is 10.1 Å². The molecule has 1 amide bonds. The van der Waals surface area contributed by atoms with Gasteiger partial charge in [0.25, 0.3) is 0 Å². The summed E-state index contributed by atoms with van der Waals surface area (Å²) in [6.45, 7) is 1.38. The average Bonchev–Trinajstić information content (AvgIpc) is 2.47. The molecule has 1 aromatic carbocycles. The highest BCUT2D eigenvalue weighted by Gasteiger charge is 2.32. The van der Waals surface area contributed by atoms with Crippen molar-refractivity contribution in [1.82, 2.24) is 10.2 Å². The van der Waals surface area contributed by atoms with Gasteiger partial charge in [0.1, 0.15) is 5.75 Å². The standard InChI is InChI=1S/C15H19F3N2O3/c16-15(17,18)23-13-4-2-1-3-11(13)9-19-14(22)10-20-7-5-12(21)6-8-20/h1-4,12,21H,5-10H2,(H,19,22). The van der Waals surface area contributed by atoms with Crippen molar-refractivity contribution in [2.45, 2.75) is 31.9 Å². The minimum atomic E-state index is -4.77. The number of alkyl halides is 3. The van der Waals surface area contributed by atoms with Crippen LogP contribution in [0, 0.1) is 0 Å². The lowest BCUT2D eigenvalue weighted by Gasteiger charge is -2.28. The number of carbonyl (C=O) groups is 1. The second-order valence-electron chi connectivity index (χ2n) is 5.44. The van der Waals surface area contributed by atoms with E-state index in [4.69, 9.17) is 0 Å². The Hall–Kier alpha value is -1.80. The van der Waals surface area contributed by atoms with E-state index in [2.05, 4.69) is 10.1 Å². The molecule has 2 rings (SSSR count). The Morgan fingerprint density at radius 2 is 1.96 bits per heavy atom. The molecule has 23 heavy (non-hydrogen) atoms. The predicted molar refractivity (Wildman–Crippen MR) is 76.7 cm³/mol. The van der Waals surface area contributed by atoms with Gasteiger partial charge in [-0.15, -0.1) is 13.2 Å². The fraction of sp³-hybridized carbons (Fsp3) is 0.533. The third-order valence-corrected chi connectivity index (χ3v) is 3.60. The molecule has 0 radical (unpaired) electrons. The van der Waals surface area contributed by atoms with Crippen LogP contribution in [0.5, 0.6) is 5.75 Å². The highest BCUT2D eigenvalue weighted by atomic mass is 19.4. The second kappa shape index (κ2) is 7.65. The molecule has 0 bridgehead atoms. The van der Waals surface area contributed by atoms with Gasteiger partial charge < -0.3 is 15.2 Å². The number of hydrogen-bond acceptors (Lipinski definition) is 4. The summed E-state index contributed by atoms with van der Waals surface area (Å²) in [4.78, 5) is 13.8. The molecule has 1 aliphatic heterocycles. The Kier molecular flexibility index (Phi) is 5.84. The van der Waals surface area contributed by atoms with Crippen LogP contribution in [0.25, 0.3) is 0 Å². The zero-order valence-electron chi connectivity index (χ0n) is 12.5. The largest absolute Gasteiger partial charge is 0.573 e. The third kappa shape index (κ3) is 6.07. The number of rotatable bonds is 5.